The van der Waals surface area contributed by atoms with Crippen molar-refractivity contribution >= 4 is 5.97 Å². The van der Waals surface area contributed by atoms with Gasteiger partial charge in [-0.25, -0.2) is 0 Å². The number of rotatable bonds is 4. The Hall–Kier alpha value is -1.35. The van der Waals surface area contributed by atoms with E-state index in [9.17, 15) is 4.79 Å². The fourth-order valence-electron chi connectivity index (χ4n) is 1.48. The topological polar surface area (TPSA) is 49.3 Å². The summed E-state index contributed by atoms with van der Waals surface area (Å²) in [6, 6.07) is 7.77. The summed E-state index contributed by atoms with van der Waals surface area (Å²) >= 11 is 0. The van der Waals surface area contributed by atoms with Gasteiger partial charge in [-0.2, -0.15) is 0 Å². The second kappa shape index (κ2) is 5.32. The van der Waals surface area contributed by atoms with Crippen LogP contribution < -0.4 is 5.32 Å². The first-order valence-electron chi connectivity index (χ1n) is 5.86. The Morgan fingerprint density at radius 1 is 1.29 bits per heavy atom. The number of hydrogen-bond acceptors (Lipinski definition) is 2. The first-order chi connectivity index (χ1) is 7.80. The van der Waals surface area contributed by atoms with Crippen LogP contribution in [0.4, 0.5) is 0 Å². The Labute approximate surface area is 103 Å². The highest BCUT2D eigenvalue weighted by atomic mass is 16.4. The van der Waals surface area contributed by atoms with E-state index in [-0.39, 0.29) is 5.41 Å². The summed E-state index contributed by atoms with van der Waals surface area (Å²) in [4.78, 5) is 10.6. The Balaban J connectivity index is 2.60. The average Bonchev–Trinajstić information content (AvgIpc) is 2.25. The van der Waals surface area contributed by atoms with Crippen LogP contribution >= 0.6 is 0 Å². The van der Waals surface area contributed by atoms with Gasteiger partial charge in [-0.15, -0.1) is 0 Å². The lowest BCUT2D eigenvalue weighted by molar-refractivity contribution is -0.139. The van der Waals surface area contributed by atoms with E-state index in [1.54, 1.807) is 6.92 Å². The quantitative estimate of drug-likeness (QED) is 0.843. The Bertz CT molecular complexity index is 376. The molecule has 0 spiro atoms. The van der Waals surface area contributed by atoms with Gasteiger partial charge in [0.15, 0.2) is 0 Å². The number of aliphatic carboxylic acids is 1. The highest BCUT2D eigenvalue weighted by Gasteiger charge is 2.13. The fraction of sp³-hybridized carbons (Fsp3) is 0.500. The second-order valence-electron chi connectivity index (χ2n) is 5.39. The third kappa shape index (κ3) is 4.19. The third-order valence-electron chi connectivity index (χ3n) is 2.80. The minimum absolute atomic E-state index is 0.153. The van der Waals surface area contributed by atoms with Crippen LogP contribution in [-0.2, 0) is 16.8 Å². The summed E-state index contributed by atoms with van der Waals surface area (Å²) in [6.07, 6.45) is 0. The molecule has 0 saturated carbocycles. The zero-order valence-electron chi connectivity index (χ0n) is 10.9. The smallest absolute Gasteiger partial charge is 0.320 e. The molecule has 0 aliphatic heterocycles. The molecule has 1 aromatic rings. The van der Waals surface area contributed by atoms with Crippen LogP contribution in [0.5, 0.6) is 0 Å². The normalized spacial score (nSPS) is 13.4. The Kier molecular flexibility index (Phi) is 4.29. The lowest BCUT2D eigenvalue weighted by atomic mass is 9.87. The zero-order valence-corrected chi connectivity index (χ0v) is 10.9. The predicted octanol–water partition coefficient (Wildman–Crippen LogP) is 2.55. The molecule has 2 N–H and O–H groups in total. The van der Waals surface area contributed by atoms with E-state index in [0.29, 0.717) is 6.54 Å². The molecule has 1 atom stereocenters. The van der Waals surface area contributed by atoms with Crippen LogP contribution in [0.3, 0.4) is 0 Å². The molecule has 0 heterocycles. The van der Waals surface area contributed by atoms with Gasteiger partial charge in [0.2, 0.25) is 0 Å². The Morgan fingerprint density at radius 2 is 1.82 bits per heavy atom. The van der Waals surface area contributed by atoms with Gasteiger partial charge < -0.3 is 10.4 Å². The molecule has 0 fully saturated rings. The van der Waals surface area contributed by atoms with Gasteiger partial charge in [-0.3, -0.25) is 4.79 Å². The Morgan fingerprint density at radius 3 is 2.24 bits per heavy atom. The van der Waals surface area contributed by atoms with Crippen LogP contribution in [0.2, 0.25) is 0 Å². The molecule has 3 heteroatoms. The van der Waals surface area contributed by atoms with Gasteiger partial charge in [-0.05, 0) is 23.5 Å². The van der Waals surface area contributed by atoms with Crippen LogP contribution in [0.1, 0.15) is 38.8 Å². The summed E-state index contributed by atoms with van der Waals surface area (Å²) in [6.45, 7) is 8.75. The lowest BCUT2D eigenvalue weighted by Crippen LogP contribution is -2.33. The molecule has 0 unspecified atom stereocenters. The first kappa shape index (κ1) is 13.7. The highest BCUT2D eigenvalue weighted by Crippen LogP contribution is 2.22. The SMILES string of the molecule is C[C@H](NCc1ccc(C(C)(C)C)cc1)C(=O)O. The maximum absolute atomic E-state index is 10.6. The third-order valence-corrected chi connectivity index (χ3v) is 2.80. The van der Waals surface area contributed by atoms with Crippen molar-refractivity contribution in [3.05, 3.63) is 35.4 Å². The maximum atomic E-state index is 10.6. The monoisotopic (exact) mass is 235 g/mol. The molecule has 0 bridgehead atoms. The average molecular weight is 235 g/mol. The van der Waals surface area contributed by atoms with E-state index in [2.05, 4.69) is 38.2 Å². The van der Waals surface area contributed by atoms with Gasteiger partial charge in [0.1, 0.15) is 6.04 Å². The van der Waals surface area contributed by atoms with Gasteiger partial charge in [0.25, 0.3) is 0 Å². The van der Waals surface area contributed by atoms with Crippen molar-refractivity contribution in [2.75, 3.05) is 0 Å². The van der Waals surface area contributed by atoms with Gasteiger partial charge in [-0.1, -0.05) is 45.0 Å². The van der Waals surface area contributed by atoms with Crippen LogP contribution in [0.25, 0.3) is 0 Å². The number of carbonyl (C=O) groups is 1. The van der Waals surface area contributed by atoms with Crippen LogP contribution in [0, 0.1) is 0 Å². The molecule has 94 valence electrons. The zero-order chi connectivity index (χ0) is 13.1. The molecular weight excluding hydrogens is 214 g/mol. The number of carboxylic acid groups (broad SMARTS) is 1. The van der Waals surface area contributed by atoms with Gasteiger partial charge in [0.05, 0.1) is 0 Å². The van der Waals surface area contributed by atoms with Crippen molar-refractivity contribution in [3.8, 4) is 0 Å². The molecule has 1 aromatic carbocycles. The number of carboxylic acids is 1. The molecule has 0 saturated heterocycles. The summed E-state index contributed by atoms with van der Waals surface area (Å²) in [5.74, 6) is -0.823. The van der Waals surface area contributed by atoms with Gasteiger partial charge >= 0.3 is 5.97 Å². The summed E-state index contributed by atoms with van der Waals surface area (Å²) in [7, 11) is 0. The highest BCUT2D eigenvalue weighted by molar-refractivity contribution is 5.72. The standard InChI is InChI=1S/C14H21NO2/c1-10(13(16)17)15-9-11-5-7-12(8-6-11)14(2,3)4/h5-8,10,15H,9H2,1-4H3,(H,16,17)/t10-/m0/s1. The molecular formula is C14H21NO2. The van der Waals surface area contributed by atoms with Crippen LogP contribution in [-0.4, -0.2) is 17.1 Å². The van der Waals surface area contributed by atoms with Crippen molar-refractivity contribution in [1.29, 1.82) is 0 Å². The largest absolute Gasteiger partial charge is 0.480 e. The fourth-order valence-corrected chi connectivity index (χ4v) is 1.48. The second-order valence-corrected chi connectivity index (χ2v) is 5.39. The van der Waals surface area contributed by atoms with Crippen molar-refractivity contribution in [2.24, 2.45) is 0 Å². The summed E-state index contributed by atoms with van der Waals surface area (Å²) in [5, 5.41) is 11.7. The number of hydrogen-bond donors (Lipinski definition) is 2. The summed E-state index contributed by atoms with van der Waals surface area (Å²) < 4.78 is 0. The molecule has 0 aliphatic rings. The van der Waals surface area contributed by atoms with Crippen molar-refractivity contribution in [3.63, 3.8) is 0 Å². The lowest BCUT2D eigenvalue weighted by Gasteiger charge is -2.19. The molecule has 0 amide bonds. The summed E-state index contributed by atoms with van der Waals surface area (Å²) in [5.41, 5.74) is 2.54. The van der Waals surface area contributed by atoms with E-state index in [0.717, 1.165) is 5.56 Å². The molecule has 1 rings (SSSR count). The number of benzene rings is 1. The van der Waals surface area contributed by atoms with Crippen molar-refractivity contribution < 1.29 is 9.90 Å². The van der Waals surface area contributed by atoms with E-state index < -0.39 is 12.0 Å². The molecule has 17 heavy (non-hydrogen) atoms. The van der Waals surface area contributed by atoms with Crippen molar-refractivity contribution in [1.82, 2.24) is 5.32 Å². The van der Waals surface area contributed by atoms with Gasteiger partial charge in [0, 0.05) is 6.54 Å². The van der Waals surface area contributed by atoms with E-state index in [1.165, 1.54) is 5.56 Å². The molecule has 0 aliphatic carbocycles. The van der Waals surface area contributed by atoms with E-state index >= 15 is 0 Å². The molecule has 0 aromatic heterocycles. The predicted molar refractivity (Wildman–Crippen MR) is 69.1 cm³/mol. The molecule has 3 nitrogen and oxygen atoms in total. The van der Waals surface area contributed by atoms with Crippen molar-refractivity contribution in [2.45, 2.75) is 45.7 Å². The maximum Gasteiger partial charge on any atom is 0.320 e. The van der Waals surface area contributed by atoms with E-state index in [1.807, 2.05) is 12.1 Å². The minimum atomic E-state index is -0.823. The first-order valence-corrected chi connectivity index (χ1v) is 5.86. The number of nitrogens with one attached hydrogen (secondary N) is 1. The van der Waals surface area contributed by atoms with Crippen LogP contribution in [0.15, 0.2) is 24.3 Å². The van der Waals surface area contributed by atoms with E-state index in [4.69, 9.17) is 5.11 Å². The minimum Gasteiger partial charge on any atom is -0.480 e. The molecule has 0 radical (unpaired) electrons.